The van der Waals surface area contributed by atoms with Gasteiger partial charge in [-0.05, 0) is 31.7 Å². The summed E-state index contributed by atoms with van der Waals surface area (Å²) in [6, 6.07) is 0.539. The first-order chi connectivity index (χ1) is 9.15. The van der Waals surface area contributed by atoms with E-state index < -0.39 is 0 Å². The summed E-state index contributed by atoms with van der Waals surface area (Å²) in [5.41, 5.74) is 1.34. The smallest absolute Gasteiger partial charge is 0.185 e. The van der Waals surface area contributed by atoms with Gasteiger partial charge >= 0.3 is 0 Å². The Morgan fingerprint density at radius 3 is 2.95 bits per heavy atom. The molecule has 1 aliphatic rings. The maximum absolute atomic E-state index is 4.87. The summed E-state index contributed by atoms with van der Waals surface area (Å²) < 4.78 is 0. The van der Waals surface area contributed by atoms with Crippen molar-refractivity contribution in [3.05, 3.63) is 10.6 Å². The van der Waals surface area contributed by atoms with Gasteiger partial charge in [-0.2, -0.15) is 0 Å². The topological polar surface area (TPSA) is 28.2 Å². The third-order valence-corrected chi connectivity index (χ3v) is 5.32. The zero-order chi connectivity index (χ0) is 13.8. The fraction of sp³-hybridized carbons (Fsp3) is 0.800. The van der Waals surface area contributed by atoms with Crippen molar-refractivity contribution >= 4 is 16.5 Å². The second kappa shape index (κ2) is 6.71. The van der Waals surface area contributed by atoms with Crippen LogP contribution in [0, 0.1) is 5.92 Å². The third-order valence-electron chi connectivity index (χ3n) is 4.00. The van der Waals surface area contributed by atoms with E-state index in [0.29, 0.717) is 6.04 Å². The molecule has 0 bridgehead atoms. The number of thiazole rings is 1. The molecule has 0 fully saturated rings. The highest BCUT2D eigenvalue weighted by Gasteiger charge is 2.25. The molecule has 0 spiro atoms. The van der Waals surface area contributed by atoms with E-state index in [0.717, 1.165) is 25.4 Å². The highest BCUT2D eigenvalue weighted by molar-refractivity contribution is 7.15. The minimum absolute atomic E-state index is 0.539. The summed E-state index contributed by atoms with van der Waals surface area (Å²) in [6.45, 7) is 8.90. The molecular weight excluding hydrogens is 254 g/mol. The Balaban J connectivity index is 2.12. The number of nitrogens with one attached hydrogen (secondary N) is 1. The average molecular weight is 281 g/mol. The average Bonchev–Trinajstić information content (AvgIpc) is 2.84. The van der Waals surface area contributed by atoms with Gasteiger partial charge in [-0.15, -0.1) is 0 Å². The monoisotopic (exact) mass is 281 g/mol. The number of rotatable bonds is 6. The minimum Gasteiger partial charge on any atom is -0.351 e. The Kier molecular flexibility index (Phi) is 5.22. The first kappa shape index (κ1) is 14.8. The molecule has 2 unspecified atom stereocenters. The van der Waals surface area contributed by atoms with Crippen LogP contribution in [0.25, 0.3) is 0 Å². The maximum Gasteiger partial charge on any atom is 0.185 e. The van der Waals surface area contributed by atoms with E-state index in [-0.39, 0.29) is 0 Å². The predicted octanol–water partition coefficient (Wildman–Crippen LogP) is 3.61. The molecule has 108 valence electrons. The van der Waals surface area contributed by atoms with Gasteiger partial charge in [0.15, 0.2) is 5.13 Å². The number of aryl methyl sites for hydroxylation is 1. The lowest BCUT2D eigenvalue weighted by atomic mass is 9.98. The minimum atomic E-state index is 0.539. The Labute approximate surface area is 121 Å². The molecule has 1 aromatic rings. The Bertz CT molecular complexity index is 402. The van der Waals surface area contributed by atoms with Gasteiger partial charge < -0.3 is 10.2 Å². The molecule has 2 rings (SSSR count). The molecule has 1 N–H and O–H groups in total. The molecule has 0 aromatic carbocycles. The number of nitrogens with zero attached hydrogens (tertiary/aromatic N) is 2. The molecule has 19 heavy (non-hydrogen) atoms. The molecule has 4 heteroatoms. The van der Waals surface area contributed by atoms with Crippen LogP contribution in [-0.2, 0) is 6.42 Å². The predicted molar refractivity (Wildman–Crippen MR) is 84.2 cm³/mol. The summed E-state index contributed by atoms with van der Waals surface area (Å²) in [6.07, 6.45) is 4.92. The second-order valence-corrected chi connectivity index (χ2v) is 6.71. The van der Waals surface area contributed by atoms with Gasteiger partial charge in [0.1, 0.15) is 0 Å². The van der Waals surface area contributed by atoms with Gasteiger partial charge in [-0.3, -0.25) is 0 Å². The fourth-order valence-electron chi connectivity index (χ4n) is 2.69. The molecular formula is C15H27N3S. The third kappa shape index (κ3) is 3.48. The molecule has 0 saturated carbocycles. The zero-order valence-electron chi connectivity index (χ0n) is 12.7. The highest BCUT2D eigenvalue weighted by Crippen LogP contribution is 2.37. The van der Waals surface area contributed by atoms with Gasteiger partial charge in [0.2, 0.25) is 0 Å². The van der Waals surface area contributed by atoms with Crippen LogP contribution in [-0.4, -0.2) is 25.1 Å². The van der Waals surface area contributed by atoms with Crippen LogP contribution < -0.4 is 10.2 Å². The van der Waals surface area contributed by atoms with Crippen LogP contribution in [0.4, 0.5) is 5.13 Å². The highest BCUT2D eigenvalue weighted by atomic mass is 32.1. The quantitative estimate of drug-likeness (QED) is 0.863. The van der Waals surface area contributed by atoms with Gasteiger partial charge in [0.05, 0.1) is 5.69 Å². The normalized spacial score (nSPS) is 20.1. The largest absolute Gasteiger partial charge is 0.351 e. The van der Waals surface area contributed by atoms with Crippen molar-refractivity contribution in [2.24, 2.45) is 5.92 Å². The van der Waals surface area contributed by atoms with E-state index in [1.807, 2.05) is 11.3 Å². The van der Waals surface area contributed by atoms with Crippen LogP contribution in [0.1, 0.15) is 56.6 Å². The van der Waals surface area contributed by atoms with Gasteiger partial charge in [-0.25, -0.2) is 4.98 Å². The first-order valence-corrected chi connectivity index (χ1v) is 8.41. The Morgan fingerprint density at radius 2 is 2.26 bits per heavy atom. The van der Waals surface area contributed by atoms with Crippen LogP contribution in [0.5, 0.6) is 0 Å². The molecule has 0 radical (unpaired) electrons. The van der Waals surface area contributed by atoms with E-state index in [2.05, 4.69) is 38.0 Å². The van der Waals surface area contributed by atoms with Crippen molar-refractivity contribution in [1.82, 2.24) is 10.3 Å². The van der Waals surface area contributed by atoms with Crippen molar-refractivity contribution in [3.63, 3.8) is 0 Å². The summed E-state index contributed by atoms with van der Waals surface area (Å²) in [5.74, 6) is 0.732. The van der Waals surface area contributed by atoms with E-state index in [4.69, 9.17) is 4.98 Å². The van der Waals surface area contributed by atoms with Gasteiger partial charge in [-0.1, -0.05) is 38.5 Å². The Morgan fingerprint density at radius 1 is 1.47 bits per heavy atom. The molecule has 0 saturated heterocycles. The first-order valence-electron chi connectivity index (χ1n) is 7.59. The molecule has 0 aliphatic heterocycles. The van der Waals surface area contributed by atoms with Crippen molar-refractivity contribution in [3.8, 4) is 0 Å². The van der Waals surface area contributed by atoms with Crippen molar-refractivity contribution in [2.45, 2.75) is 52.5 Å². The number of hydrogen-bond acceptors (Lipinski definition) is 4. The van der Waals surface area contributed by atoms with Gasteiger partial charge in [0.25, 0.3) is 0 Å². The molecule has 0 amide bonds. The van der Waals surface area contributed by atoms with Crippen molar-refractivity contribution < 1.29 is 0 Å². The van der Waals surface area contributed by atoms with E-state index in [9.17, 15) is 0 Å². The van der Waals surface area contributed by atoms with E-state index in [1.165, 1.54) is 35.0 Å². The van der Waals surface area contributed by atoms with Crippen LogP contribution in [0.2, 0.25) is 0 Å². The fourth-order valence-corrected chi connectivity index (χ4v) is 3.88. The molecule has 3 nitrogen and oxygen atoms in total. The molecule has 1 heterocycles. The summed E-state index contributed by atoms with van der Waals surface area (Å²) in [7, 11) is 2.18. The van der Waals surface area contributed by atoms with Crippen molar-refractivity contribution in [2.75, 3.05) is 25.0 Å². The molecule has 1 aliphatic carbocycles. The summed E-state index contributed by atoms with van der Waals surface area (Å²) >= 11 is 1.90. The number of hydrogen-bond donors (Lipinski definition) is 1. The molecule has 1 aromatic heterocycles. The van der Waals surface area contributed by atoms with Crippen molar-refractivity contribution in [1.29, 1.82) is 0 Å². The van der Waals surface area contributed by atoms with Crippen LogP contribution in [0.15, 0.2) is 0 Å². The van der Waals surface area contributed by atoms with Crippen LogP contribution in [0.3, 0.4) is 0 Å². The second-order valence-electron chi connectivity index (χ2n) is 5.70. The zero-order valence-corrected chi connectivity index (χ0v) is 13.5. The lowest BCUT2D eigenvalue weighted by Crippen LogP contribution is -2.23. The number of fused-ring (bicyclic) bond motifs is 1. The van der Waals surface area contributed by atoms with E-state index >= 15 is 0 Å². The lowest BCUT2D eigenvalue weighted by Gasteiger charge is -2.21. The number of anilines is 1. The standard InChI is InChI=1S/C15H27N3S/c1-5-11(3)10-18(4)15-17-13-9-7-8-12(16-6-2)14(13)19-15/h11-12,16H,5-10H2,1-4H3. The van der Waals surface area contributed by atoms with Crippen LogP contribution >= 0.6 is 11.3 Å². The SMILES string of the molecule is CCNC1CCCc2nc(N(C)CC(C)CC)sc21. The summed E-state index contributed by atoms with van der Waals surface area (Å²) in [4.78, 5) is 8.69. The molecule has 2 atom stereocenters. The van der Waals surface area contributed by atoms with Gasteiger partial charge in [0, 0.05) is 24.5 Å². The number of aromatic nitrogens is 1. The maximum atomic E-state index is 4.87. The van der Waals surface area contributed by atoms with E-state index in [1.54, 1.807) is 0 Å². The Hall–Kier alpha value is -0.610. The summed E-state index contributed by atoms with van der Waals surface area (Å²) in [5, 5.41) is 4.80. The lowest BCUT2D eigenvalue weighted by molar-refractivity contribution is 0.476.